The summed E-state index contributed by atoms with van der Waals surface area (Å²) in [4.78, 5) is 0. The zero-order valence-electron chi connectivity index (χ0n) is 11.5. The van der Waals surface area contributed by atoms with Crippen LogP contribution in [0.1, 0.15) is 24.1 Å². The third-order valence-corrected chi connectivity index (χ3v) is 2.95. The van der Waals surface area contributed by atoms with E-state index in [0.717, 1.165) is 22.8 Å². The van der Waals surface area contributed by atoms with Gasteiger partial charge < -0.3 is 15.2 Å². The van der Waals surface area contributed by atoms with E-state index < -0.39 is 0 Å². The van der Waals surface area contributed by atoms with Crippen LogP contribution in [0.2, 0.25) is 0 Å². The second-order valence-corrected chi connectivity index (χ2v) is 4.58. The lowest BCUT2D eigenvalue weighted by atomic mass is 10.1. The highest BCUT2D eigenvalue weighted by molar-refractivity contribution is 5.48. The van der Waals surface area contributed by atoms with Crippen molar-refractivity contribution >= 4 is 0 Å². The minimum atomic E-state index is -0.156. The van der Waals surface area contributed by atoms with Gasteiger partial charge in [-0.25, -0.2) is 0 Å². The van der Waals surface area contributed by atoms with Gasteiger partial charge in [0.15, 0.2) is 0 Å². The molecule has 0 saturated carbocycles. The van der Waals surface area contributed by atoms with Crippen LogP contribution in [0.3, 0.4) is 0 Å². The third kappa shape index (κ3) is 3.06. The van der Waals surface area contributed by atoms with Crippen molar-refractivity contribution in [1.29, 1.82) is 0 Å². The molecule has 3 nitrogen and oxygen atoms in total. The zero-order valence-corrected chi connectivity index (χ0v) is 11.5. The van der Waals surface area contributed by atoms with Crippen LogP contribution in [0.25, 0.3) is 0 Å². The molecule has 3 heteroatoms. The molecular formula is C16H19NO2. The molecule has 0 radical (unpaired) electrons. The van der Waals surface area contributed by atoms with Crippen LogP contribution < -0.4 is 15.2 Å². The van der Waals surface area contributed by atoms with E-state index in [4.69, 9.17) is 15.2 Å². The topological polar surface area (TPSA) is 44.5 Å². The van der Waals surface area contributed by atoms with Gasteiger partial charge in [0.25, 0.3) is 0 Å². The van der Waals surface area contributed by atoms with E-state index in [1.54, 1.807) is 7.11 Å². The van der Waals surface area contributed by atoms with Crippen LogP contribution in [0.15, 0.2) is 42.5 Å². The highest BCUT2D eigenvalue weighted by atomic mass is 16.5. The van der Waals surface area contributed by atoms with Crippen LogP contribution in [0.5, 0.6) is 17.2 Å². The maximum absolute atomic E-state index is 6.01. The molecule has 0 aromatic heterocycles. The lowest BCUT2D eigenvalue weighted by Crippen LogP contribution is -2.08. The molecule has 1 atom stereocenters. The van der Waals surface area contributed by atoms with E-state index >= 15 is 0 Å². The smallest absolute Gasteiger partial charge is 0.135 e. The largest absolute Gasteiger partial charge is 0.496 e. The van der Waals surface area contributed by atoms with Crippen LogP contribution in [0.4, 0.5) is 0 Å². The van der Waals surface area contributed by atoms with Crippen molar-refractivity contribution < 1.29 is 9.47 Å². The molecule has 0 bridgehead atoms. The van der Waals surface area contributed by atoms with E-state index in [1.165, 1.54) is 5.56 Å². The van der Waals surface area contributed by atoms with Gasteiger partial charge >= 0.3 is 0 Å². The number of hydrogen-bond donors (Lipinski definition) is 1. The van der Waals surface area contributed by atoms with Gasteiger partial charge in [-0.3, -0.25) is 0 Å². The summed E-state index contributed by atoms with van der Waals surface area (Å²) in [7, 11) is 1.64. The Balaban J connectivity index is 2.36. The minimum absolute atomic E-state index is 0.156. The highest BCUT2D eigenvalue weighted by Gasteiger charge is 2.14. The van der Waals surface area contributed by atoms with Gasteiger partial charge in [-0.05, 0) is 38.1 Å². The monoisotopic (exact) mass is 257 g/mol. The first-order valence-electron chi connectivity index (χ1n) is 6.29. The average Bonchev–Trinajstić information content (AvgIpc) is 2.40. The molecule has 2 rings (SSSR count). The maximum atomic E-state index is 6.01. The van der Waals surface area contributed by atoms with Gasteiger partial charge in [-0.15, -0.1) is 0 Å². The Morgan fingerprint density at radius 1 is 1.00 bits per heavy atom. The molecule has 0 heterocycles. The fourth-order valence-electron chi connectivity index (χ4n) is 1.97. The van der Waals surface area contributed by atoms with Crippen molar-refractivity contribution in [2.24, 2.45) is 5.73 Å². The Kier molecular flexibility index (Phi) is 4.07. The second kappa shape index (κ2) is 5.76. The maximum Gasteiger partial charge on any atom is 0.135 e. The van der Waals surface area contributed by atoms with Crippen molar-refractivity contribution in [3.05, 3.63) is 53.6 Å². The summed E-state index contributed by atoms with van der Waals surface area (Å²) in [6.07, 6.45) is 0. The third-order valence-electron chi connectivity index (χ3n) is 2.95. The van der Waals surface area contributed by atoms with Gasteiger partial charge in [-0.2, -0.15) is 0 Å². The molecule has 0 aliphatic carbocycles. The minimum Gasteiger partial charge on any atom is -0.496 e. The predicted molar refractivity (Wildman–Crippen MR) is 76.8 cm³/mol. The zero-order chi connectivity index (χ0) is 13.8. The SMILES string of the molecule is COc1cccc(Oc2ccc(C)cc2)c1[C@@H](C)N. The Morgan fingerprint density at radius 3 is 2.21 bits per heavy atom. The van der Waals surface area contributed by atoms with Crippen molar-refractivity contribution in [2.45, 2.75) is 19.9 Å². The van der Waals surface area contributed by atoms with Crippen LogP contribution in [-0.2, 0) is 0 Å². The number of aryl methyl sites for hydroxylation is 1. The first-order chi connectivity index (χ1) is 9.11. The highest BCUT2D eigenvalue weighted by Crippen LogP contribution is 2.35. The molecule has 0 aliphatic rings. The lowest BCUT2D eigenvalue weighted by Gasteiger charge is -2.17. The first-order valence-corrected chi connectivity index (χ1v) is 6.29. The van der Waals surface area contributed by atoms with Crippen molar-refractivity contribution in [3.63, 3.8) is 0 Å². The van der Waals surface area contributed by atoms with E-state index in [2.05, 4.69) is 0 Å². The Hall–Kier alpha value is -2.00. The molecule has 2 aromatic carbocycles. The average molecular weight is 257 g/mol. The Bertz CT molecular complexity index is 547. The summed E-state index contributed by atoms with van der Waals surface area (Å²) in [6.45, 7) is 3.96. The number of benzene rings is 2. The molecule has 0 saturated heterocycles. The summed E-state index contributed by atoms with van der Waals surface area (Å²) in [5.74, 6) is 2.28. The molecule has 0 spiro atoms. The van der Waals surface area contributed by atoms with E-state index in [-0.39, 0.29) is 6.04 Å². The fraction of sp³-hybridized carbons (Fsp3) is 0.250. The van der Waals surface area contributed by atoms with Gasteiger partial charge in [0.2, 0.25) is 0 Å². The molecule has 0 unspecified atom stereocenters. The van der Waals surface area contributed by atoms with E-state index in [1.807, 2.05) is 56.3 Å². The molecule has 2 aromatic rings. The quantitative estimate of drug-likeness (QED) is 0.905. The molecule has 0 fully saturated rings. The molecule has 19 heavy (non-hydrogen) atoms. The van der Waals surface area contributed by atoms with E-state index in [0.29, 0.717) is 0 Å². The van der Waals surface area contributed by atoms with Crippen molar-refractivity contribution in [2.75, 3.05) is 7.11 Å². The molecule has 100 valence electrons. The van der Waals surface area contributed by atoms with Gasteiger partial charge in [-0.1, -0.05) is 23.8 Å². The van der Waals surface area contributed by atoms with Crippen molar-refractivity contribution in [3.8, 4) is 17.2 Å². The number of methoxy groups -OCH3 is 1. The summed E-state index contributed by atoms with van der Waals surface area (Å²) in [5, 5.41) is 0. The van der Waals surface area contributed by atoms with Crippen LogP contribution in [0, 0.1) is 6.92 Å². The van der Waals surface area contributed by atoms with Crippen molar-refractivity contribution in [1.82, 2.24) is 0 Å². The standard InChI is InChI=1S/C16H19NO2/c1-11-7-9-13(10-8-11)19-15-6-4-5-14(18-3)16(15)12(2)17/h4-10,12H,17H2,1-3H3/t12-/m1/s1. The lowest BCUT2D eigenvalue weighted by molar-refractivity contribution is 0.397. The molecule has 0 amide bonds. The fourth-order valence-corrected chi connectivity index (χ4v) is 1.97. The van der Waals surface area contributed by atoms with Crippen LogP contribution in [-0.4, -0.2) is 7.11 Å². The second-order valence-electron chi connectivity index (χ2n) is 4.58. The molecular weight excluding hydrogens is 238 g/mol. The van der Waals surface area contributed by atoms with E-state index in [9.17, 15) is 0 Å². The summed E-state index contributed by atoms with van der Waals surface area (Å²) < 4.78 is 11.3. The first kappa shape index (κ1) is 13.4. The normalized spacial score (nSPS) is 12.0. The Morgan fingerprint density at radius 2 is 1.63 bits per heavy atom. The van der Waals surface area contributed by atoms with Gasteiger partial charge in [0.05, 0.1) is 12.7 Å². The number of hydrogen-bond acceptors (Lipinski definition) is 3. The van der Waals surface area contributed by atoms with Gasteiger partial charge in [0.1, 0.15) is 17.2 Å². The molecule has 0 aliphatic heterocycles. The Labute approximate surface area is 114 Å². The summed E-state index contributed by atoms with van der Waals surface area (Å²) in [6, 6.07) is 13.5. The number of nitrogens with two attached hydrogens (primary N) is 1. The predicted octanol–water partition coefficient (Wildman–Crippen LogP) is 3.82. The van der Waals surface area contributed by atoms with Gasteiger partial charge in [0, 0.05) is 6.04 Å². The number of rotatable bonds is 4. The molecule has 2 N–H and O–H groups in total. The summed E-state index contributed by atoms with van der Waals surface area (Å²) in [5.41, 5.74) is 8.09. The van der Waals surface area contributed by atoms with Crippen LogP contribution >= 0.6 is 0 Å². The summed E-state index contributed by atoms with van der Waals surface area (Å²) >= 11 is 0. The number of ether oxygens (including phenoxy) is 2.